The smallest absolute Gasteiger partial charge is 0.136 e. The molecule has 0 atom stereocenters. The monoisotopic (exact) mass is 765 g/mol. The van der Waals surface area contributed by atoms with Gasteiger partial charge in [-0.25, -0.2) is 0 Å². The highest BCUT2D eigenvalue weighted by Crippen LogP contribution is 2.45. The SMILES string of the molecule is c1ccc(-c2ccc(-c3ccc(N(c4cccc(-c5ccccc5)c4)c4ccc5c(-c6cccc(-c7ccccc7)c6)cc6oc7ccccc7c6c5c4)cc3)cc2)cc1. The molecule has 0 saturated carbocycles. The van der Waals surface area contributed by atoms with E-state index in [2.05, 4.69) is 235 Å². The Morgan fingerprint density at radius 1 is 0.250 bits per heavy atom. The van der Waals surface area contributed by atoms with E-state index in [0.717, 1.165) is 61.1 Å². The summed E-state index contributed by atoms with van der Waals surface area (Å²) in [4.78, 5) is 2.38. The van der Waals surface area contributed by atoms with Gasteiger partial charge in [0, 0.05) is 27.8 Å². The normalized spacial score (nSPS) is 11.3. The van der Waals surface area contributed by atoms with Crippen LogP contribution < -0.4 is 4.90 Å². The summed E-state index contributed by atoms with van der Waals surface area (Å²) < 4.78 is 6.65. The summed E-state index contributed by atoms with van der Waals surface area (Å²) in [6.07, 6.45) is 0. The third-order valence-corrected chi connectivity index (χ3v) is 11.7. The van der Waals surface area contributed by atoms with Crippen molar-refractivity contribution in [3.05, 3.63) is 237 Å². The third-order valence-electron chi connectivity index (χ3n) is 11.7. The van der Waals surface area contributed by atoms with Gasteiger partial charge in [0.15, 0.2) is 0 Å². The molecule has 2 nitrogen and oxygen atoms in total. The summed E-state index contributed by atoms with van der Waals surface area (Å²) in [7, 11) is 0. The van der Waals surface area contributed by atoms with Crippen LogP contribution in [0.2, 0.25) is 0 Å². The van der Waals surface area contributed by atoms with Crippen LogP contribution in [0.5, 0.6) is 0 Å². The topological polar surface area (TPSA) is 16.4 Å². The summed E-state index contributed by atoms with van der Waals surface area (Å²) in [6, 6.07) is 84.8. The van der Waals surface area contributed by atoms with Gasteiger partial charge in [-0.1, -0.05) is 182 Å². The first-order chi connectivity index (χ1) is 29.7. The fourth-order valence-electron chi connectivity index (χ4n) is 8.69. The first-order valence-electron chi connectivity index (χ1n) is 20.5. The summed E-state index contributed by atoms with van der Waals surface area (Å²) in [5.41, 5.74) is 16.8. The molecule has 11 aromatic rings. The van der Waals surface area contributed by atoms with Gasteiger partial charge in [-0.05, 0) is 121 Å². The molecule has 1 heterocycles. The van der Waals surface area contributed by atoms with Crippen molar-refractivity contribution in [1.29, 1.82) is 0 Å². The highest BCUT2D eigenvalue weighted by atomic mass is 16.3. The lowest BCUT2D eigenvalue weighted by Crippen LogP contribution is -2.10. The minimum Gasteiger partial charge on any atom is -0.456 e. The quantitative estimate of drug-likeness (QED) is 0.153. The summed E-state index contributed by atoms with van der Waals surface area (Å²) in [5, 5.41) is 4.56. The van der Waals surface area contributed by atoms with Crippen LogP contribution in [0.3, 0.4) is 0 Å². The summed E-state index contributed by atoms with van der Waals surface area (Å²) in [5.74, 6) is 0. The minimum absolute atomic E-state index is 0.876. The van der Waals surface area contributed by atoms with Crippen LogP contribution in [0.15, 0.2) is 241 Å². The van der Waals surface area contributed by atoms with Crippen LogP contribution in [0, 0.1) is 0 Å². The predicted molar refractivity (Wildman–Crippen MR) is 253 cm³/mol. The maximum Gasteiger partial charge on any atom is 0.136 e. The van der Waals surface area contributed by atoms with Crippen LogP contribution in [-0.2, 0) is 0 Å². The molecule has 0 bridgehead atoms. The Kier molecular flexibility index (Phi) is 8.87. The van der Waals surface area contributed by atoms with Crippen molar-refractivity contribution in [2.75, 3.05) is 4.90 Å². The molecule has 60 heavy (non-hydrogen) atoms. The highest BCUT2D eigenvalue weighted by molar-refractivity contribution is 6.22. The molecule has 0 radical (unpaired) electrons. The van der Waals surface area contributed by atoms with Crippen LogP contribution in [0.1, 0.15) is 0 Å². The Balaban J connectivity index is 1.08. The molecule has 0 aliphatic heterocycles. The molecule has 0 amide bonds. The van der Waals surface area contributed by atoms with Gasteiger partial charge in [-0.2, -0.15) is 0 Å². The van der Waals surface area contributed by atoms with Crippen LogP contribution in [-0.4, -0.2) is 0 Å². The zero-order valence-corrected chi connectivity index (χ0v) is 32.9. The second-order valence-corrected chi connectivity index (χ2v) is 15.3. The molecule has 282 valence electrons. The lowest BCUT2D eigenvalue weighted by molar-refractivity contribution is 0.669. The largest absolute Gasteiger partial charge is 0.456 e. The Hall–Kier alpha value is -7.94. The van der Waals surface area contributed by atoms with Crippen LogP contribution in [0.4, 0.5) is 17.1 Å². The van der Waals surface area contributed by atoms with E-state index < -0.39 is 0 Å². The van der Waals surface area contributed by atoms with E-state index in [0.29, 0.717) is 0 Å². The molecular weight excluding hydrogens is 727 g/mol. The lowest BCUT2D eigenvalue weighted by atomic mass is 9.92. The van der Waals surface area contributed by atoms with Gasteiger partial charge in [-0.15, -0.1) is 0 Å². The van der Waals surface area contributed by atoms with Crippen molar-refractivity contribution in [2.24, 2.45) is 0 Å². The predicted octanol–water partition coefficient (Wildman–Crippen LogP) is 16.5. The molecule has 0 unspecified atom stereocenters. The number of hydrogen-bond donors (Lipinski definition) is 0. The summed E-state index contributed by atoms with van der Waals surface area (Å²) >= 11 is 0. The maximum absolute atomic E-state index is 6.65. The third kappa shape index (κ3) is 6.51. The van der Waals surface area contributed by atoms with E-state index in [4.69, 9.17) is 4.42 Å². The van der Waals surface area contributed by atoms with Gasteiger partial charge in [-0.3, -0.25) is 0 Å². The Labute approximate surface area is 349 Å². The number of fused-ring (bicyclic) bond motifs is 5. The molecular formula is C58H39NO. The second-order valence-electron chi connectivity index (χ2n) is 15.3. The number of hydrogen-bond acceptors (Lipinski definition) is 2. The van der Waals surface area contributed by atoms with Crippen LogP contribution in [0.25, 0.3) is 88.3 Å². The molecule has 0 N–H and O–H groups in total. The van der Waals surface area contributed by atoms with Gasteiger partial charge in [0.25, 0.3) is 0 Å². The highest BCUT2D eigenvalue weighted by Gasteiger charge is 2.20. The second kappa shape index (κ2) is 15.1. The average molecular weight is 766 g/mol. The number of benzene rings is 10. The van der Waals surface area contributed by atoms with E-state index in [-0.39, 0.29) is 0 Å². The van der Waals surface area contributed by atoms with E-state index in [1.807, 2.05) is 6.07 Å². The molecule has 11 rings (SSSR count). The fourth-order valence-corrected chi connectivity index (χ4v) is 8.69. The van der Waals surface area contributed by atoms with Gasteiger partial charge in [0.05, 0.1) is 0 Å². The maximum atomic E-state index is 6.65. The number of anilines is 3. The van der Waals surface area contributed by atoms with Crippen molar-refractivity contribution in [3.63, 3.8) is 0 Å². The van der Waals surface area contributed by atoms with Crippen molar-refractivity contribution < 1.29 is 4.42 Å². The van der Waals surface area contributed by atoms with E-state index in [9.17, 15) is 0 Å². The molecule has 1 aromatic heterocycles. The van der Waals surface area contributed by atoms with Gasteiger partial charge in [0.1, 0.15) is 11.2 Å². The average Bonchev–Trinajstić information content (AvgIpc) is 3.72. The molecule has 0 aliphatic rings. The summed E-state index contributed by atoms with van der Waals surface area (Å²) in [6.45, 7) is 0. The number of rotatable bonds is 8. The first kappa shape index (κ1) is 35.2. The van der Waals surface area contributed by atoms with Crippen molar-refractivity contribution in [2.45, 2.75) is 0 Å². The molecule has 0 spiro atoms. The lowest BCUT2D eigenvalue weighted by Gasteiger charge is -2.27. The van der Waals surface area contributed by atoms with Gasteiger partial charge < -0.3 is 9.32 Å². The number of nitrogens with zero attached hydrogens (tertiary/aromatic N) is 1. The number of para-hydroxylation sites is 1. The van der Waals surface area contributed by atoms with E-state index >= 15 is 0 Å². The van der Waals surface area contributed by atoms with Gasteiger partial charge in [0.2, 0.25) is 0 Å². The standard InChI is InChI=1S/C58H39NO/c1-4-14-40(15-5-1)43-26-28-44(29-27-43)45-30-32-49(33-31-45)59(50-23-13-21-47(37-50)42-18-8-3-9-19-42)51-34-35-52-54(48-22-12-20-46(36-48)41-16-6-2-7-17-41)39-57-58(55(52)38-51)53-24-10-11-25-56(53)60-57/h1-39H. The molecule has 10 aromatic carbocycles. The van der Waals surface area contributed by atoms with E-state index in [1.165, 1.54) is 44.3 Å². The van der Waals surface area contributed by atoms with Crippen molar-refractivity contribution in [3.8, 4) is 55.6 Å². The Bertz CT molecular complexity index is 3280. The zero-order chi connectivity index (χ0) is 39.8. The van der Waals surface area contributed by atoms with Crippen molar-refractivity contribution in [1.82, 2.24) is 0 Å². The Morgan fingerprint density at radius 3 is 1.37 bits per heavy atom. The van der Waals surface area contributed by atoms with Crippen LogP contribution >= 0.6 is 0 Å². The number of furan rings is 1. The molecule has 0 fully saturated rings. The molecule has 0 saturated heterocycles. The molecule has 0 aliphatic carbocycles. The zero-order valence-electron chi connectivity index (χ0n) is 32.9. The first-order valence-corrected chi connectivity index (χ1v) is 20.5. The minimum atomic E-state index is 0.876. The fraction of sp³-hybridized carbons (Fsp3) is 0. The van der Waals surface area contributed by atoms with E-state index in [1.54, 1.807) is 0 Å². The molecule has 2 heteroatoms. The van der Waals surface area contributed by atoms with Gasteiger partial charge >= 0.3 is 0 Å². The Morgan fingerprint density at radius 2 is 0.717 bits per heavy atom. The van der Waals surface area contributed by atoms with Crippen molar-refractivity contribution >= 4 is 49.8 Å².